The Kier molecular flexibility index (Phi) is 8.97. The highest BCUT2D eigenvalue weighted by molar-refractivity contribution is 5.16. The highest BCUT2D eigenvalue weighted by atomic mass is 19.4. The van der Waals surface area contributed by atoms with Crippen LogP contribution in [0.4, 0.5) is 70.2 Å². The van der Waals surface area contributed by atoms with Crippen molar-refractivity contribution in [3.63, 3.8) is 0 Å². The van der Waals surface area contributed by atoms with E-state index in [0.717, 1.165) is 13.8 Å². The van der Waals surface area contributed by atoms with Gasteiger partial charge in [0.15, 0.2) is 13.2 Å². The van der Waals surface area contributed by atoms with Crippen LogP contribution in [0.15, 0.2) is 24.7 Å². The zero-order valence-corrected chi connectivity index (χ0v) is 16.6. The van der Waals surface area contributed by atoms with Crippen molar-refractivity contribution in [3.8, 4) is 0 Å². The SMILES string of the molecule is C/C=C/OCC(F)(F)C(F)(F)C(F)(F)C(F)(F)C(F)(F)C(F)(F)C(F)(F)C(F)(F)CO/C=C/C. The normalized spacial score (nSPS) is 15.9. The maximum Gasteiger partial charge on any atom is 0.385 e. The van der Waals surface area contributed by atoms with Crippen molar-refractivity contribution in [2.45, 2.75) is 61.2 Å². The van der Waals surface area contributed by atoms with Crippen molar-refractivity contribution < 1.29 is 79.7 Å². The molecular weight excluding hydrogens is 528 g/mol. The average Bonchev–Trinajstić information content (AvgIpc) is 2.67. The van der Waals surface area contributed by atoms with Gasteiger partial charge in [0.25, 0.3) is 0 Å². The second-order valence-electron chi connectivity index (χ2n) is 6.42. The third kappa shape index (κ3) is 4.72. The van der Waals surface area contributed by atoms with Crippen LogP contribution in [0, 0.1) is 0 Å². The summed E-state index contributed by atoms with van der Waals surface area (Å²) in [5.41, 5.74) is 0. The number of rotatable bonds is 13. The van der Waals surface area contributed by atoms with Crippen LogP contribution in [0.1, 0.15) is 13.8 Å². The number of allylic oxidation sites excluding steroid dienone is 2. The molecule has 0 rings (SSSR count). The van der Waals surface area contributed by atoms with E-state index < -0.39 is 60.6 Å². The predicted molar refractivity (Wildman–Crippen MR) is 81.1 cm³/mol. The highest BCUT2D eigenvalue weighted by Gasteiger charge is 2.94. The van der Waals surface area contributed by atoms with Crippen LogP contribution in [-0.2, 0) is 9.47 Å². The molecular formula is C16H14F16O2. The second-order valence-corrected chi connectivity index (χ2v) is 6.42. The second kappa shape index (κ2) is 9.54. The minimum atomic E-state index is -8.46. The Morgan fingerprint density at radius 2 is 0.618 bits per heavy atom. The summed E-state index contributed by atoms with van der Waals surface area (Å²) in [4.78, 5) is 0. The average molecular weight is 542 g/mol. The Morgan fingerprint density at radius 3 is 0.824 bits per heavy atom. The van der Waals surface area contributed by atoms with Crippen LogP contribution in [0.3, 0.4) is 0 Å². The van der Waals surface area contributed by atoms with E-state index in [1.54, 1.807) is 0 Å². The number of halogens is 16. The van der Waals surface area contributed by atoms with E-state index in [-0.39, 0.29) is 12.5 Å². The van der Waals surface area contributed by atoms with Gasteiger partial charge in [-0.2, -0.15) is 70.2 Å². The van der Waals surface area contributed by atoms with Crippen LogP contribution in [0.2, 0.25) is 0 Å². The van der Waals surface area contributed by atoms with E-state index in [1.165, 1.54) is 0 Å². The maximum atomic E-state index is 13.6. The number of hydrogen-bond donors (Lipinski definition) is 0. The summed E-state index contributed by atoms with van der Waals surface area (Å²) in [6.07, 6.45) is 1.61. The first-order valence-electron chi connectivity index (χ1n) is 8.35. The summed E-state index contributed by atoms with van der Waals surface area (Å²) in [6, 6.07) is 0. The highest BCUT2D eigenvalue weighted by Crippen LogP contribution is 2.63. The lowest BCUT2D eigenvalue weighted by Gasteiger charge is -2.43. The zero-order valence-electron chi connectivity index (χ0n) is 16.6. The van der Waals surface area contributed by atoms with Gasteiger partial charge >= 0.3 is 47.4 Å². The molecule has 0 unspecified atom stereocenters. The Balaban J connectivity index is 6.57. The molecule has 0 bridgehead atoms. The van der Waals surface area contributed by atoms with Crippen LogP contribution < -0.4 is 0 Å². The van der Waals surface area contributed by atoms with E-state index in [0.29, 0.717) is 12.2 Å². The van der Waals surface area contributed by atoms with Crippen LogP contribution in [0.25, 0.3) is 0 Å². The fraction of sp³-hybridized carbons (Fsp3) is 0.750. The largest absolute Gasteiger partial charge is 0.495 e. The first-order chi connectivity index (χ1) is 14.9. The first-order valence-corrected chi connectivity index (χ1v) is 8.35. The minimum absolute atomic E-state index is 0.126. The third-order valence-electron chi connectivity index (χ3n) is 3.88. The van der Waals surface area contributed by atoms with E-state index in [9.17, 15) is 70.2 Å². The Bertz CT molecular complexity index is 679. The van der Waals surface area contributed by atoms with Crippen LogP contribution in [0.5, 0.6) is 0 Å². The molecule has 34 heavy (non-hydrogen) atoms. The smallest absolute Gasteiger partial charge is 0.385 e. The summed E-state index contributed by atoms with van der Waals surface area (Å²) in [7, 11) is 0. The van der Waals surface area contributed by atoms with E-state index in [2.05, 4.69) is 9.47 Å². The maximum absolute atomic E-state index is 13.6. The molecule has 0 amide bonds. The molecule has 0 aliphatic rings. The molecule has 0 aliphatic carbocycles. The molecule has 0 aliphatic heterocycles. The molecule has 202 valence electrons. The van der Waals surface area contributed by atoms with Gasteiger partial charge in [-0.15, -0.1) is 0 Å². The molecule has 0 atom stereocenters. The fourth-order valence-corrected chi connectivity index (χ4v) is 1.93. The summed E-state index contributed by atoms with van der Waals surface area (Å²) in [5, 5.41) is 0. The van der Waals surface area contributed by atoms with Gasteiger partial charge in [0.1, 0.15) is 0 Å². The summed E-state index contributed by atoms with van der Waals surface area (Å²) in [5.74, 6) is -61.6. The summed E-state index contributed by atoms with van der Waals surface area (Å²) >= 11 is 0. The van der Waals surface area contributed by atoms with Crippen molar-refractivity contribution in [1.82, 2.24) is 0 Å². The van der Waals surface area contributed by atoms with Crippen molar-refractivity contribution in [2.24, 2.45) is 0 Å². The lowest BCUT2D eigenvalue weighted by Crippen LogP contribution is -2.75. The number of hydrogen-bond acceptors (Lipinski definition) is 2. The molecule has 0 aromatic heterocycles. The van der Waals surface area contributed by atoms with Gasteiger partial charge in [-0.3, -0.25) is 0 Å². The third-order valence-corrected chi connectivity index (χ3v) is 3.88. The molecule has 0 saturated heterocycles. The molecule has 2 nitrogen and oxygen atoms in total. The lowest BCUT2D eigenvalue weighted by atomic mass is 9.88. The van der Waals surface area contributed by atoms with Crippen LogP contribution >= 0.6 is 0 Å². The topological polar surface area (TPSA) is 18.5 Å². The summed E-state index contributed by atoms with van der Waals surface area (Å²) < 4.78 is 224. The minimum Gasteiger partial charge on any atom is -0.495 e. The van der Waals surface area contributed by atoms with Gasteiger partial charge in [-0.05, 0) is 13.8 Å². The van der Waals surface area contributed by atoms with Crippen molar-refractivity contribution >= 4 is 0 Å². The molecule has 0 spiro atoms. The zero-order chi connectivity index (χ0) is 27.7. The van der Waals surface area contributed by atoms with Gasteiger partial charge in [0, 0.05) is 0 Å². The number of ether oxygens (including phenoxy) is 2. The van der Waals surface area contributed by atoms with E-state index in [1.807, 2.05) is 0 Å². The molecule has 0 aromatic carbocycles. The Labute approximate surface area is 180 Å². The predicted octanol–water partition coefficient (Wildman–Crippen LogP) is 7.17. The molecule has 0 heterocycles. The molecule has 0 radical (unpaired) electrons. The molecule has 0 fully saturated rings. The number of alkyl halides is 16. The monoisotopic (exact) mass is 542 g/mol. The van der Waals surface area contributed by atoms with Gasteiger partial charge in [0.05, 0.1) is 12.5 Å². The van der Waals surface area contributed by atoms with Gasteiger partial charge in [-0.1, -0.05) is 12.2 Å². The lowest BCUT2D eigenvalue weighted by molar-refractivity contribution is -0.454. The fourth-order valence-electron chi connectivity index (χ4n) is 1.93. The van der Waals surface area contributed by atoms with Gasteiger partial charge in [0.2, 0.25) is 0 Å². The standard InChI is InChI=1S/C16H14F16O2/c1-3-5-33-7-9(17,18)11(21,22)13(25,26)15(29,30)16(31,32)14(27,28)12(23,24)10(19,20)8-34-6-4-2/h3-6H,7-8H2,1-2H3/b5-3+,6-4+. The van der Waals surface area contributed by atoms with Gasteiger partial charge in [-0.25, -0.2) is 0 Å². The molecule has 0 N–H and O–H groups in total. The Morgan fingerprint density at radius 1 is 0.412 bits per heavy atom. The molecule has 0 aromatic rings. The van der Waals surface area contributed by atoms with E-state index >= 15 is 0 Å². The van der Waals surface area contributed by atoms with Crippen molar-refractivity contribution in [1.29, 1.82) is 0 Å². The van der Waals surface area contributed by atoms with Gasteiger partial charge < -0.3 is 9.47 Å². The Hall–Kier alpha value is -2.04. The first kappa shape index (κ1) is 32.0. The van der Waals surface area contributed by atoms with Crippen LogP contribution in [-0.4, -0.2) is 60.6 Å². The van der Waals surface area contributed by atoms with Crippen molar-refractivity contribution in [3.05, 3.63) is 24.7 Å². The molecule has 18 heteroatoms. The summed E-state index contributed by atoms with van der Waals surface area (Å²) in [6.45, 7) is -3.81. The molecule has 0 saturated carbocycles. The quantitative estimate of drug-likeness (QED) is 0.182. The van der Waals surface area contributed by atoms with Crippen molar-refractivity contribution in [2.75, 3.05) is 13.2 Å². The van der Waals surface area contributed by atoms with E-state index in [4.69, 9.17) is 0 Å².